The first kappa shape index (κ1) is 11.3. The quantitative estimate of drug-likeness (QED) is 0.781. The summed E-state index contributed by atoms with van der Waals surface area (Å²) < 4.78 is 10.7. The SMILES string of the molecule is N#Cc1oc2ccccc2c1OCC(Cl)C#N. The van der Waals surface area contributed by atoms with E-state index in [1.165, 1.54) is 0 Å². The van der Waals surface area contributed by atoms with E-state index in [-0.39, 0.29) is 12.4 Å². The lowest BCUT2D eigenvalue weighted by Gasteiger charge is -2.03. The van der Waals surface area contributed by atoms with Crippen LogP contribution in [-0.2, 0) is 0 Å². The van der Waals surface area contributed by atoms with Gasteiger partial charge in [0, 0.05) is 0 Å². The lowest BCUT2D eigenvalue weighted by atomic mass is 10.2. The van der Waals surface area contributed by atoms with Crippen LogP contribution in [0, 0.1) is 22.7 Å². The third-order valence-electron chi connectivity index (χ3n) is 2.17. The molecule has 0 aliphatic rings. The largest absolute Gasteiger partial charge is 0.485 e. The second-order valence-corrected chi connectivity index (χ2v) is 3.80. The first-order valence-electron chi connectivity index (χ1n) is 4.84. The summed E-state index contributed by atoms with van der Waals surface area (Å²) in [6.45, 7) is 0.0102. The third kappa shape index (κ3) is 2.18. The number of ether oxygens (including phenoxy) is 1. The fraction of sp³-hybridized carbons (Fsp3) is 0.167. The van der Waals surface area contributed by atoms with Crippen molar-refractivity contribution >= 4 is 22.6 Å². The number of nitriles is 2. The second kappa shape index (κ2) is 4.78. The van der Waals surface area contributed by atoms with Gasteiger partial charge in [-0.3, -0.25) is 0 Å². The molecule has 5 heteroatoms. The van der Waals surface area contributed by atoms with Gasteiger partial charge >= 0.3 is 0 Å². The molecule has 2 rings (SSSR count). The number of rotatable bonds is 3. The summed E-state index contributed by atoms with van der Waals surface area (Å²) in [5.74, 6) is 0.428. The van der Waals surface area contributed by atoms with Gasteiger partial charge in [0.2, 0.25) is 5.76 Å². The molecule has 1 unspecified atom stereocenters. The zero-order valence-electron chi connectivity index (χ0n) is 8.68. The van der Waals surface area contributed by atoms with Crippen molar-refractivity contribution in [1.29, 1.82) is 10.5 Å². The maximum Gasteiger partial charge on any atom is 0.246 e. The maximum atomic E-state index is 8.92. The molecule has 2 aromatic rings. The Morgan fingerprint density at radius 1 is 1.35 bits per heavy atom. The van der Waals surface area contributed by atoms with Crippen LogP contribution in [0.3, 0.4) is 0 Å². The molecule has 0 radical (unpaired) electrons. The van der Waals surface area contributed by atoms with Crippen LogP contribution in [0.5, 0.6) is 5.75 Å². The molecule has 17 heavy (non-hydrogen) atoms. The first-order chi connectivity index (χ1) is 8.26. The van der Waals surface area contributed by atoms with Crippen LogP contribution in [0.4, 0.5) is 0 Å². The average Bonchev–Trinajstić information content (AvgIpc) is 2.73. The molecule has 1 atom stereocenters. The summed E-state index contributed by atoms with van der Waals surface area (Å²) in [6, 6.07) is 10.9. The van der Waals surface area contributed by atoms with Crippen LogP contribution in [0.2, 0.25) is 0 Å². The fourth-order valence-corrected chi connectivity index (χ4v) is 1.50. The Hall–Kier alpha value is -2.17. The summed E-state index contributed by atoms with van der Waals surface area (Å²) in [6.07, 6.45) is 0. The van der Waals surface area contributed by atoms with E-state index in [9.17, 15) is 0 Å². The Balaban J connectivity index is 2.38. The van der Waals surface area contributed by atoms with Gasteiger partial charge in [0.25, 0.3) is 0 Å². The summed E-state index contributed by atoms with van der Waals surface area (Å²) in [7, 11) is 0. The highest BCUT2D eigenvalue weighted by Gasteiger charge is 2.16. The van der Waals surface area contributed by atoms with Crippen molar-refractivity contribution in [3.8, 4) is 17.9 Å². The van der Waals surface area contributed by atoms with E-state index in [0.29, 0.717) is 16.7 Å². The molecular weight excluding hydrogens is 240 g/mol. The van der Waals surface area contributed by atoms with E-state index in [2.05, 4.69) is 0 Å². The molecule has 0 saturated heterocycles. The van der Waals surface area contributed by atoms with Gasteiger partial charge in [-0.25, -0.2) is 0 Å². The summed E-state index contributed by atoms with van der Waals surface area (Å²) >= 11 is 5.63. The summed E-state index contributed by atoms with van der Waals surface area (Å²) in [5, 5.41) is 17.4. The summed E-state index contributed by atoms with van der Waals surface area (Å²) in [5.41, 5.74) is 0.571. The molecule has 84 valence electrons. The first-order valence-corrected chi connectivity index (χ1v) is 5.28. The minimum absolute atomic E-state index is 0.0102. The minimum Gasteiger partial charge on any atom is -0.485 e. The molecule has 0 aliphatic carbocycles. The number of nitrogens with zero attached hydrogens (tertiary/aromatic N) is 2. The maximum absolute atomic E-state index is 8.92. The Kier molecular flexibility index (Phi) is 3.18. The van der Waals surface area contributed by atoms with Crippen LogP contribution >= 0.6 is 11.6 Å². The second-order valence-electron chi connectivity index (χ2n) is 3.28. The molecule has 0 amide bonds. The van der Waals surface area contributed by atoms with Crippen molar-refractivity contribution in [3.63, 3.8) is 0 Å². The Bertz CT molecular complexity index is 621. The molecule has 0 fully saturated rings. The molecule has 1 aromatic heterocycles. The van der Waals surface area contributed by atoms with Crippen molar-refractivity contribution < 1.29 is 9.15 Å². The lowest BCUT2D eigenvalue weighted by molar-refractivity contribution is 0.326. The van der Waals surface area contributed by atoms with Crippen LogP contribution in [0.1, 0.15) is 5.76 Å². The molecule has 0 N–H and O–H groups in total. The number of furan rings is 1. The van der Waals surface area contributed by atoms with Crippen molar-refractivity contribution in [3.05, 3.63) is 30.0 Å². The predicted octanol–water partition coefficient (Wildman–Crippen LogP) is 2.81. The highest BCUT2D eigenvalue weighted by molar-refractivity contribution is 6.22. The van der Waals surface area contributed by atoms with Gasteiger partial charge in [-0.1, -0.05) is 12.1 Å². The van der Waals surface area contributed by atoms with Gasteiger partial charge < -0.3 is 9.15 Å². The van der Waals surface area contributed by atoms with E-state index in [0.717, 1.165) is 0 Å². The number of alkyl halides is 1. The zero-order valence-corrected chi connectivity index (χ0v) is 9.44. The van der Waals surface area contributed by atoms with Crippen molar-refractivity contribution in [2.24, 2.45) is 0 Å². The van der Waals surface area contributed by atoms with Crippen LogP contribution < -0.4 is 4.74 Å². The molecule has 0 bridgehead atoms. The number of fused-ring (bicyclic) bond motifs is 1. The fourth-order valence-electron chi connectivity index (χ4n) is 1.43. The Morgan fingerprint density at radius 2 is 2.12 bits per heavy atom. The van der Waals surface area contributed by atoms with Crippen molar-refractivity contribution in [2.75, 3.05) is 6.61 Å². The van der Waals surface area contributed by atoms with Crippen molar-refractivity contribution in [2.45, 2.75) is 5.38 Å². The molecule has 0 aliphatic heterocycles. The number of hydrogen-bond donors (Lipinski definition) is 0. The average molecular weight is 247 g/mol. The molecule has 0 saturated carbocycles. The van der Waals surface area contributed by atoms with E-state index >= 15 is 0 Å². The van der Waals surface area contributed by atoms with Crippen molar-refractivity contribution in [1.82, 2.24) is 0 Å². The van der Waals surface area contributed by atoms with Crippen LogP contribution in [0.15, 0.2) is 28.7 Å². The number of para-hydroxylation sites is 1. The Morgan fingerprint density at radius 3 is 2.82 bits per heavy atom. The lowest BCUT2D eigenvalue weighted by Crippen LogP contribution is -2.09. The smallest absolute Gasteiger partial charge is 0.246 e. The van der Waals surface area contributed by atoms with E-state index in [4.69, 9.17) is 31.3 Å². The molecular formula is C12H7ClN2O2. The molecule has 1 heterocycles. The molecule has 4 nitrogen and oxygen atoms in total. The monoisotopic (exact) mass is 246 g/mol. The normalized spacial score (nSPS) is 11.7. The van der Waals surface area contributed by atoms with Crippen LogP contribution in [-0.4, -0.2) is 12.0 Å². The van der Waals surface area contributed by atoms with E-state index in [1.807, 2.05) is 18.2 Å². The molecule has 1 aromatic carbocycles. The number of benzene rings is 1. The van der Waals surface area contributed by atoms with E-state index in [1.54, 1.807) is 18.2 Å². The topological polar surface area (TPSA) is 69.9 Å². The van der Waals surface area contributed by atoms with Gasteiger partial charge in [0.15, 0.2) is 11.1 Å². The van der Waals surface area contributed by atoms with Gasteiger partial charge in [0.05, 0.1) is 11.5 Å². The van der Waals surface area contributed by atoms with Gasteiger partial charge in [-0.15, -0.1) is 11.6 Å². The Labute approximate surface area is 103 Å². The third-order valence-corrected chi connectivity index (χ3v) is 2.39. The van der Waals surface area contributed by atoms with Gasteiger partial charge in [-0.2, -0.15) is 10.5 Å². The summed E-state index contributed by atoms with van der Waals surface area (Å²) in [4.78, 5) is 0. The predicted molar refractivity (Wildman–Crippen MR) is 61.7 cm³/mol. The van der Waals surface area contributed by atoms with Crippen LogP contribution in [0.25, 0.3) is 11.0 Å². The zero-order chi connectivity index (χ0) is 12.3. The highest BCUT2D eigenvalue weighted by Crippen LogP contribution is 2.32. The molecule has 0 spiro atoms. The highest BCUT2D eigenvalue weighted by atomic mass is 35.5. The number of halogens is 1. The van der Waals surface area contributed by atoms with Gasteiger partial charge in [0.1, 0.15) is 18.3 Å². The van der Waals surface area contributed by atoms with E-state index < -0.39 is 5.38 Å². The standard InChI is InChI=1S/C12H7ClN2O2/c13-8(5-14)7-16-12-9-3-1-2-4-10(9)17-11(12)6-15/h1-4,8H,7H2. The number of hydrogen-bond acceptors (Lipinski definition) is 4. The van der Waals surface area contributed by atoms with Gasteiger partial charge in [-0.05, 0) is 12.1 Å². The minimum atomic E-state index is -0.754.